The van der Waals surface area contributed by atoms with Gasteiger partial charge in [0.15, 0.2) is 0 Å². The molecular formula is C16H18N2O3. The number of nitrogens with zero attached hydrogens (tertiary/aromatic N) is 1. The second kappa shape index (κ2) is 6.10. The van der Waals surface area contributed by atoms with Crippen molar-refractivity contribution in [3.63, 3.8) is 0 Å². The molecule has 0 aliphatic heterocycles. The molecule has 21 heavy (non-hydrogen) atoms. The molecule has 0 bridgehead atoms. The monoisotopic (exact) mass is 286 g/mol. The normalized spacial score (nSPS) is 20.8. The average molecular weight is 286 g/mol. The number of aromatic nitrogens is 1. The number of benzene rings is 1. The van der Waals surface area contributed by atoms with E-state index in [1.165, 1.54) is 5.56 Å². The van der Waals surface area contributed by atoms with Crippen molar-refractivity contribution in [2.24, 2.45) is 0 Å². The van der Waals surface area contributed by atoms with Crippen LogP contribution in [0.3, 0.4) is 0 Å². The first-order chi connectivity index (χ1) is 10.2. The molecule has 1 saturated carbocycles. The first-order valence-corrected chi connectivity index (χ1v) is 7.10. The molecule has 0 saturated heterocycles. The van der Waals surface area contributed by atoms with Gasteiger partial charge < -0.3 is 14.6 Å². The number of ether oxygens (including phenoxy) is 1. The Labute approximate surface area is 123 Å². The van der Waals surface area contributed by atoms with Crippen LogP contribution in [0, 0.1) is 6.92 Å². The Morgan fingerprint density at radius 2 is 2.14 bits per heavy atom. The van der Waals surface area contributed by atoms with Gasteiger partial charge in [-0.15, -0.1) is 0 Å². The van der Waals surface area contributed by atoms with Gasteiger partial charge in [-0.3, -0.25) is 4.79 Å². The maximum atomic E-state index is 11.9. The molecule has 1 aromatic carbocycles. The van der Waals surface area contributed by atoms with Crippen LogP contribution in [0.2, 0.25) is 0 Å². The summed E-state index contributed by atoms with van der Waals surface area (Å²) in [6.45, 7) is 2.41. The van der Waals surface area contributed by atoms with Gasteiger partial charge in [0.05, 0.1) is 18.4 Å². The van der Waals surface area contributed by atoms with Gasteiger partial charge in [0.25, 0.3) is 5.91 Å². The van der Waals surface area contributed by atoms with Crippen molar-refractivity contribution in [3.05, 3.63) is 53.4 Å². The second-order valence-electron chi connectivity index (χ2n) is 5.39. The summed E-state index contributed by atoms with van der Waals surface area (Å²) < 4.78 is 10.7. The zero-order valence-corrected chi connectivity index (χ0v) is 11.9. The smallest absolute Gasteiger partial charge is 0.290 e. The molecule has 1 aromatic heterocycles. The SMILES string of the molecule is Cc1cc(C(=O)NC2CC(OCc3ccccc3)C2)on1. The van der Waals surface area contributed by atoms with Crippen LogP contribution in [0.1, 0.15) is 34.7 Å². The summed E-state index contributed by atoms with van der Waals surface area (Å²) in [6, 6.07) is 11.9. The maximum absolute atomic E-state index is 11.9. The number of rotatable bonds is 5. The Morgan fingerprint density at radius 3 is 2.81 bits per heavy atom. The van der Waals surface area contributed by atoms with E-state index in [4.69, 9.17) is 9.26 Å². The molecule has 1 fully saturated rings. The predicted octanol–water partition coefficient (Wildman–Crippen LogP) is 2.46. The highest BCUT2D eigenvalue weighted by Crippen LogP contribution is 2.24. The van der Waals surface area contributed by atoms with E-state index in [-0.39, 0.29) is 23.8 Å². The molecule has 1 aliphatic carbocycles. The molecule has 0 atom stereocenters. The average Bonchev–Trinajstić information content (AvgIpc) is 2.89. The molecule has 0 spiro atoms. The lowest BCUT2D eigenvalue weighted by Gasteiger charge is -2.35. The Kier molecular flexibility index (Phi) is 4.01. The predicted molar refractivity (Wildman–Crippen MR) is 76.7 cm³/mol. The molecule has 1 N–H and O–H groups in total. The maximum Gasteiger partial charge on any atom is 0.290 e. The Morgan fingerprint density at radius 1 is 1.38 bits per heavy atom. The zero-order valence-electron chi connectivity index (χ0n) is 11.9. The van der Waals surface area contributed by atoms with Crippen LogP contribution in [0.5, 0.6) is 0 Å². The van der Waals surface area contributed by atoms with Crippen LogP contribution >= 0.6 is 0 Å². The van der Waals surface area contributed by atoms with Crippen LogP contribution in [0.4, 0.5) is 0 Å². The molecule has 1 aliphatic rings. The van der Waals surface area contributed by atoms with Gasteiger partial charge in [0.2, 0.25) is 5.76 Å². The van der Waals surface area contributed by atoms with E-state index in [0.29, 0.717) is 12.3 Å². The minimum absolute atomic E-state index is 0.156. The third-order valence-corrected chi connectivity index (χ3v) is 3.61. The van der Waals surface area contributed by atoms with Crippen LogP contribution in [-0.4, -0.2) is 23.2 Å². The molecule has 2 aromatic rings. The molecular weight excluding hydrogens is 268 g/mol. The van der Waals surface area contributed by atoms with Crippen molar-refractivity contribution < 1.29 is 14.1 Å². The summed E-state index contributed by atoms with van der Waals surface area (Å²) in [5.74, 6) is 0.0586. The summed E-state index contributed by atoms with van der Waals surface area (Å²) in [7, 11) is 0. The Hall–Kier alpha value is -2.14. The lowest BCUT2D eigenvalue weighted by atomic mass is 9.89. The fourth-order valence-corrected chi connectivity index (χ4v) is 2.34. The number of carbonyl (C=O) groups excluding carboxylic acids is 1. The van der Waals surface area contributed by atoms with Crippen LogP contribution in [0.15, 0.2) is 40.9 Å². The largest absolute Gasteiger partial charge is 0.373 e. The molecule has 0 radical (unpaired) electrons. The molecule has 0 unspecified atom stereocenters. The van der Waals surface area contributed by atoms with Gasteiger partial charge in [-0.25, -0.2) is 0 Å². The van der Waals surface area contributed by atoms with Gasteiger partial charge in [0, 0.05) is 12.1 Å². The fraction of sp³-hybridized carbons (Fsp3) is 0.375. The molecule has 110 valence electrons. The van der Waals surface area contributed by atoms with E-state index >= 15 is 0 Å². The van der Waals surface area contributed by atoms with Crippen molar-refractivity contribution in [1.29, 1.82) is 0 Å². The topological polar surface area (TPSA) is 64.4 Å². The standard InChI is InChI=1S/C16H18N2O3/c1-11-7-15(21-18-11)16(19)17-13-8-14(9-13)20-10-12-5-3-2-4-6-12/h2-7,13-14H,8-10H2,1H3,(H,17,19). The quantitative estimate of drug-likeness (QED) is 0.917. The molecule has 3 rings (SSSR count). The lowest BCUT2D eigenvalue weighted by Crippen LogP contribution is -2.47. The Bertz CT molecular complexity index is 603. The summed E-state index contributed by atoms with van der Waals surface area (Å²) in [6.07, 6.45) is 1.89. The van der Waals surface area contributed by atoms with E-state index in [9.17, 15) is 4.79 Å². The van der Waals surface area contributed by atoms with Crippen molar-refractivity contribution >= 4 is 5.91 Å². The van der Waals surface area contributed by atoms with Crippen molar-refractivity contribution in [1.82, 2.24) is 10.5 Å². The molecule has 5 nitrogen and oxygen atoms in total. The van der Waals surface area contributed by atoms with E-state index in [1.807, 2.05) is 30.3 Å². The van der Waals surface area contributed by atoms with Crippen LogP contribution < -0.4 is 5.32 Å². The first kappa shape index (κ1) is 13.8. The Balaban J connectivity index is 1.39. The lowest BCUT2D eigenvalue weighted by molar-refractivity contribution is -0.0253. The number of carbonyl (C=O) groups is 1. The van der Waals surface area contributed by atoms with E-state index in [1.54, 1.807) is 13.0 Å². The summed E-state index contributed by atoms with van der Waals surface area (Å²) in [4.78, 5) is 11.9. The highest BCUT2D eigenvalue weighted by Gasteiger charge is 2.31. The first-order valence-electron chi connectivity index (χ1n) is 7.10. The van der Waals surface area contributed by atoms with Gasteiger partial charge in [-0.1, -0.05) is 35.5 Å². The number of aryl methyl sites for hydroxylation is 1. The van der Waals surface area contributed by atoms with E-state index in [2.05, 4.69) is 10.5 Å². The van der Waals surface area contributed by atoms with Crippen molar-refractivity contribution in [2.75, 3.05) is 0 Å². The number of hydrogen-bond acceptors (Lipinski definition) is 4. The van der Waals surface area contributed by atoms with Gasteiger partial charge in [-0.05, 0) is 25.3 Å². The number of amides is 1. The zero-order chi connectivity index (χ0) is 14.7. The van der Waals surface area contributed by atoms with Gasteiger partial charge in [-0.2, -0.15) is 0 Å². The minimum Gasteiger partial charge on any atom is -0.373 e. The second-order valence-corrected chi connectivity index (χ2v) is 5.39. The highest BCUT2D eigenvalue weighted by atomic mass is 16.5. The van der Waals surface area contributed by atoms with E-state index < -0.39 is 0 Å². The highest BCUT2D eigenvalue weighted by molar-refractivity contribution is 5.91. The third kappa shape index (κ3) is 3.49. The van der Waals surface area contributed by atoms with Gasteiger partial charge >= 0.3 is 0 Å². The third-order valence-electron chi connectivity index (χ3n) is 3.61. The van der Waals surface area contributed by atoms with Crippen molar-refractivity contribution in [3.8, 4) is 0 Å². The van der Waals surface area contributed by atoms with E-state index in [0.717, 1.165) is 12.8 Å². The van der Waals surface area contributed by atoms with Crippen molar-refractivity contribution in [2.45, 2.75) is 38.5 Å². The minimum atomic E-state index is -0.206. The van der Waals surface area contributed by atoms with Crippen LogP contribution in [-0.2, 0) is 11.3 Å². The fourth-order valence-electron chi connectivity index (χ4n) is 2.34. The summed E-state index contributed by atoms with van der Waals surface area (Å²) >= 11 is 0. The van der Waals surface area contributed by atoms with Gasteiger partial charge in [0.1, 0.15) is 0 Å². The van der Waals surface area contributed by atoms with Crippen LogP contribution in [0.25, 0.3) is 0 Å². The summed E-state index contributed by atoms with van der Waals surface area (Å²) in [5.41, 5.74) is 1.87. The molecule has 1 amide bonds. The number of nitrogens with one attached hydrogen (secondary N) is 1. The molecule has 1 heterocycles. The number of hydrogen-bond donors (Lipinski definition) is 1. The summed E-state index contributed by atoms with van der Waals surface area (Å²) in [5, 5.41) is 6.63. The molecule has 5 heteroatoms.